The Morgan fingerprint density at radius 2 is 1.71 bits per heavy atom. The highest BCUT2D eigenvalue weighted by Gasteiger charge is 2.39. The second kappa shape index (κ2) is 14.0. The number of carboxylic acid groups (broad SMARTS) is 2. The molecule has 2 rings (SSSR count). The number of carbonyl (C=O) groups is 7. The van der Waals surface area contributed by atoms with Crippen molar-refractivity contribution < 1.29 is 43.8 Å². The average molecular weight is 559 g/mol. The van der Waals surface area contributed by atoms with Crippen molar-refractivity contribution in [2.75, 3.05) is 37.7 Å². The van der Waals surface area contributed by atoms with Crippen LogP contribution in [0.3, 0.4) is 0 Å². The molecule has 210 valence electrons. The van der Waals surface area contributed by atoms with E-state index in [1.165, 1.54) is 4.90 Å². The lowest BCUT2D eigenvalue weighted by Crippen LogP contribution is -2.55. The molecule has 2 heterocycles. The first-order chi connectivity index (χ1) is 17.9. The molecule has 0 unspecified atom stereocenters. The molecule has 2 fully saturated rings. The standard InChI is InChI=1S/C20H30N8O9S/c21-20(22)25-3-9-1-12-18(35)24-4-13(29)26-10(2-16(32)33)17(34)27-11(19(36)37)7-38-8-14(30)23-5-15(31)28(12)6-9/h9-12H,1-8H2,(H,23,30)(H,24,35)(H,26,29)(H,27,34)(H,32,33)(H,36,37)(H4,21,22,25)/t9-,10-,11-,12-/m0/s1. The summed E-state index contributed by atoms with van der Waals surface area (Å²) in [6, 6.07) is -4.14. The SMILES string of the molecule is NC(N)=NC[C@@H]1C[C@H]2C(=O)NCC(=O)N[C@@H](CC(=O)O)C(=O)N[C@H](C(=O)O)CSCC(=O)NCC(=O)N2C1. The lowest BCUT2D eigenvalue weighted by atomic mass is 10.1. The van der Waals surface area contributed by atoms with Crippen LogP contribution in [0, 0.1) is 5.92 Å². The van der Waals surface area contributed by atoms with Crippen molar-refractivity contribution in [3.05, 3.63) is 0 Å². The third kappa shape index (κ3) is 9.41. The van der Waals surface area contributed by atoms with Crippen LogP contribution in [0.2, 0.25) is 0 Å². The van der Waals surface area contributed by atoms with Crippen molar-refractivity contribution in [1.29, 1.82) is 0 Å². The topological polar surface area (TPSA) is 276 Å². The van der Waals surface area contributed by atoms with E-state index in [0.717, 1.165) is 11.8 Å². The molecular formula is C20H30N8O9S. The molecule has 17 nitrogen and oxygen atoms in total. The van der Waals surface area contributed by atoms with E-state index < -0.39 is 79.1 Å². The number of aliphatic carboxylic acids is 2. The molecule has 4 atom stereocenters. The molecule has 0 bridgehead atoms. The summed E-state index contributed by atoms with van der Waals surface area (Å²) in [4.78, 5) is 90.8. The highest BCUT2D eigenvalue weighted by atomic mass is 32.2. The zero-order valence-corrected chi connectivity index (χ0v) is 21.0. The Kier molecular flexibility index (Phi) is 11.1. The molecule has 0 aliphatic carbocycles. The number of thioether (sulfide) groups is 1. The summed E-state index contributed by atoms with van der Waals surface area (Å²) in [5, 5.41) is 27.5. The van der Waals surface area contributed by atoms with E-state index in [9.17, 15) is 38.7 Å². The van der Waals surface area contributed by atoms with Crippen LogP contribution in [0.25, 0.3) is 0 Å². The Morgan fingerprint density at radius 1 is 1.00 bits per heavy atom. The number of hydrogen-bond donors (Lipinski definition) is 8. The second-order valence-electron chi connectivity index (χ2n) is 8.56. The number of aliphatic imine (C=N–C) groups is 1. The van der Waals surface area contributed by atoms with Crippen LogP contribution in [0.4, 0.5) is 0 Å². The zero-order chi connectivity index (χ0) is 28.4. The van der Waals surface area contributed by atoms with Crippen molar-refractivity contribution in [3.63, 3.8) is 0 Å². The third-order valence-electron chi connectivity index (χ3n) is 5.57. The summed E-state index contributed by atoms with van der Waals surface area (Å²) < 4.78 is 0. The van der Waals surface area contributed by atoms with Crippen molar-refractivity contribution in [3.8, 4) is 0 Å². The Bertz CT molecular complexity index is 1000. The molecule has 2 aliphatic heterocycles. The monoisotopic (exact) mass is 558 g/mol. The Morgan fingerprint density at radius 3 is 2.34 bits per heavy atom. The predicted molar refractivity (Wildman–Crippen MR) is 131 cm³/mol. The molecule has 38 heavy (non-hydrogen) atoms. The van der Waals surface area contributed by atoms with E-state index in [-0.39, 0.29) is 42.9 Å². The summed E-state index contributed by atoms with van der Waals surface area (Å²) in [6.07, 6.45) is -0.689. The molecule has 10 N–H and O–H groups in total. The van der Waals surface area contributed by atoms with E-state index in [1.54, 1.807) is 0 Å². The molecular weight excluding hydrogens is 528 g/mol. The maximum absolute atomic E-state index is 12.9. The lowest BCUT2D eigenvalue weighted by molar-refractivity contribution is -0.143. The van der Waals surface area contributed by atoms with Crippen molar-refractivity contribution in [2.24, 2.45) is 22.4 Å². The van der Waals surface area contributed by atoms with Crippen LogP contribution in [0.15, 0.2) is 4.99 Å². The minimum absolute atomic E-state index is 0.103. The fourth-order valence-electron chi connectivity index (χ4n) is 3.77. The van der Waals surface area contributed by atoms with Gasteiger partial charge in [0.25, 0.3) is 0 Å². The van der Waals surface area contributed by atoms with Gasteiger partial charge in [-0.25, -0.2) is 4.79 Å². The fourth-order valence-corrected chi connectivity index (χ4v) is 4.64. The average Bonchev–Trinajstić information content (AvgIpc) is 3.27. The van der Waals surface area contributed by atoms with Crippen LogP contribution in [-0.2, 0) is 33.6 Å². The van der Waals surface area contributed by atoms with Crippen molar-refractivity contribution in [2.45, 2.75) is 31.0 Å². The van der Waals surface area contributed by atoms with E-state index in [0.29, 0.717) is 0 Å². The van der Waals surface area contributed by atoms with Crippen LogP contribution >= 0.6 is 11.8 Å². The third-order valence-corrected chi connectivity index (χ3v) is 6.60. The van der Waals surface area contributed by atoms with Gasteiger partial charge in [-0.15, -0.1) is 11.8 Å². The van der Waals surface area contributed by atoms with E-state index >= 15 is 0 Å². The maximum atomic E-state index is 12.9. The number of guanidine groups is 1. The van der Waals surface area contributed by atoms with Gasteiger partial charge in [0.1, 0.15) is 18.1 Å². The number of hydrogen-bond acceptors (Lipinski definition) is 9. The lowest BCUT2D eigenvalue weighted by Gasteiger charge is -2.25. The molecule has 0 aromatic heterocycles. The van der Waals surface area contributed by atoms with Gasteiger partial charge in [-0.2, -0.15) is 0 Å². The number of carbonyl (C=O) groups excluding carboxylic acids is 5. The molecule has 0 aromatic rings. The van der Waals surface area contributed by atoms with Gasteiger partial charge < -0.3 is 47.8 Å². The van der Waals surface area contributed by atoms with E-state index in [2.05, 4.69) is 26.3 Å². The summed E-state index contributed by atoms with van der Waals surface area (Å²) in [5.74, 6) is -7.70. The number of nitrogens with two attached hydrogens (primary N) is 2. The molecule has 18 heteroatoms. The van der Waals surface area contributed by atoms with Crippen LogP contribution in [-0.4, -0.2) is 118 Å². The van der Waals surface area contributed by atoms with Crippen molar-refractivity contribution >= 4 is 59.2 Å². The van der Waals surface area contributed by atoms with Crippen molar-refractivity contribution in [1.82, 2.24) is 26.2 Å². The molecule has 0 aromatic carbocycles. The second-order valence-corrected chi connectivity index (χ2v) is 9.59. The predicted octanol–water partition coefficient (Wildman–Crippen LogP) is -5.01. The summed E-state index contributed by atoms with van der Waals surface area (Å²) in [5.41, 5.74) is 10.7. The maximum Gasteiger partial charge on any atom is 0.327 e. The van der Waals surface area contributed by atoms with E-state index in [1.807, 2.05) is 0 Å². The normalized spacial score (nSPS) is 26.0. The fraction of sp³-hybridized carbons (Fsp3) is 0.600. The molecule has 5 amide bonds. The highest BCUT2D eigenvalue weighted by Crippen LogP contribution is 2.24. The van der Waals surface area contributed by atoms with Gasteiger partial charge in [0.2, 0.25) is 29.5 Å². The van der Waals surface area contributed by atoms with Crippen LogP contribution in [0.5, 0.6) is 0 Å². The quantitative estimate of drug-likeness (QED) is 0.116. The van der Waals surface area contributed by atoms with Gasteiger partial charge in [0, 0.05) is 18.8 Å². The molecule has 2 aliphatic rings. The van der Waals surface area contributed by atoms with Gasteiger partial charge in [0.15, 0.2) is 5.96 Å². The molecule has 0 spiro atoms. The number of fused-ring (bicyclic) bond motifs is 1. The molecule has 0 saturated carbocycles. The minimum atomic E-state index is -1.64. The number of amides is 5. The Balaban J connectivity index is 2.25. The summed E-state index contributed by atoms with van der Waals surface area (Å²) in [7, 11) is 0. The number of carboxylic acids is 2. The summed E-state index contributed by atoms with van der Waals surface area (Å²) >= 11 is 0.851. The smallest absolute Gasteiger partial charge is 0.327 e. The first-order valence-corrected chi connectivity index (χ1v) is 12.5. The van der Waals surface area contributed by atoms with E-state index in [4.69, 9.17) is 16.6 Å². The molecule has 0 radical (unpaired) electrons. The number of rotatable bonds is 5. The minimum Gasteiger partial charge on any atom is -0.481 e. The van der Waals surface area contributed by atoms with Gasteiger partial charge in [-0.1, -0.05) is 0 Å². The van der Waals surface area contributed by atoms with Gasteiger partial charge in [-0.05, 0) is 12.3 Å². The zero-order valence-electron chi connectivity index (χ0n) is 20.2. The van der Waals surface area contributed by atoms with Gasteiger partial charge >= 0.3 is 11.9 Å². The number of nitrogens with zero attached hydrogens (tertiary/aromatic N) is 2. The summed E-state index contributed by atoms with van der Waals surface area (Å²) in [6.45, 7) is -0.856. The first kappa shape index (κ1) is 30.1. The van der Waals surface area contributed by atoms with Crippen LogP contribution in [0.1, 0.15) is 12.8 Å². The Hall–Kier alpha value is -4.09. The first-order valence-electron chi connectivity index (χ1n) is 11.4. The van der Waals surface area contributed by atoms with Gasteiger partial charge in [-0.3, -0.25) is 33.8 Å². The van der Waals surface area contributed by atoms with Crippen LogP contribution < -0.4 is 32.7 Å². The largest absolute Gasteiger partial charge is 0.481 e. The van der Waals surface area contributed by atoms with Gasteiger partial charge in [0.05, 0.1) is 25.3 Å². The molecule has 2 saturated heterocycles. The highest BCUT2D eigenvalue weighted by molar-refractivity contribution is 8.00. The Labute approximate surface area is 220 Å². The number of nitrogens with one attached hydrogen (secondary N) is 4.